The molecule has 0 bridgehead atoms. The van der Waals surface area contributed by atoms with Gasteiger partial charge in [0, 0.05) is 12.3 Å². The molecule has 8 nitrogen and oxygen atoms in total. The maximum atomic E-state index is 14.3. The number of nitrogens with zero attached hydrogens (tertiary/aromatic N) is 1. The molecule has 2 rings (SSSR count). The van der Waals surface area contributed by atoms with Crippen molar-refractivity contribution in [2.45, 2.75) is 4.90 Å². The zero-order valence-electron chi connectivity index (χ0n) is 12.3. The second-order valence-corrected chi connectivity index (χ2v) is 6.41. The van der Waals surface area contributed by atoms with Gasteiger partial charge < -0.3 is 19.1 Å². The van der Waals surface area contributed by atoms with E-state index in [9.17, 15) is 17.6 Å². The normalized spacial score (nSPS) is 11.3. The number of sulfone groups is 1. The van der Waals surface area contributed by atoms with Crippen molar-refractivity contribution < 1.29 is 36.7 Å². The molecule has 0 aliphatic carbocycles. The molecule has 0 spiro atoms. The molecule has 1 aromatic heterocycles. The summed E-state index contributed by atoms with van der Waals surface area (Å²) in [7, 11) is -1.55. The number of ether oxygens (including phenoxy) is 2. The van der Waals surface area contributed by atoms with Crippen LogP contribution in [0.1, 0.15) is 10.6 Å². The molecule has 0 unspecified atom stereocenters. The zero-order chi connectivity index (χ0) is 17.4. The van der Waals surface area contributed by atoms with Crippen LogP contribution in [0.3, 0.4) is 0 Å². The molecule has 0 aliphatic heterocycles. The minimum atomic E-state index is -3.93. The minimum absolute atomic E-state index is 0.00880. The van der Waals surface area contributed by atoms with Gasteiger partial charge in [0.2, 0.25) is 5.76 Å². The van der Waals surface area contributed by atoms with Gasteiger partial charge in [0.05, 0.1) is 19.8 Å². The van der Waals surface area contributed by atoms with E-state index in [1.165, 1.54) is 7.11 Å². The van der Waals surface area contributed by atoms with Crippen molar-refractivity contribution in [1.29, 1.82) is 0 Å². The second-order valence-electron chi connectivity index (χ2n) is 4.46. The van der Waals surface area contributed by atoms with Crippen LogP contribution >= 0.6 is 0 Å². The summed E-state index contributed by atoms with van der Waals surface area (Å²) >= 11 is 0. The van der Waals surface area contributed by atoms with Gasteiger partial charge in [-0.3, -0.25) is 0 Å². The molecule has 0 saturated carbocycles. The lowest BCUT2D eigenvalue weighted by Crippen LogP contribution is -2.07. The Morgan fingerprint density at radius 3 is 2.30 bits per heavy atom. The number of aromatic nitrogens is 1. The van der Waals surface area contributed by atoms with Crippen molar-refractivity contribution in [1.82, 2.24) is 5.16 Å². The van der Waals surface area contributed by atoms with Gasteiger partial charge in [-0.1, -0.05) is 5.16 Å². The van der Waals surface area contributed by atoms with Crippen LogP contribution in [0.2, 0.25) is 0 Å². The topological polar surface area (TPSA) is 116 Å². The number of halogens is 1. The molecule has 1 N–H and O–H groups in total. The smallest absolute Gasteiger partial charge is 0.374 e. The Labute approximate surface area is 130 Å². The third-order valence-corrected chi connectivity index (χ3v) is 4.04. The maximum absolute atomic E-state index is 14.3. The Hall–Kier alpha value is -2.62. The standard InChI is InChI=1S/C13H12FNO7S/c1-20-10-6(8-5-9(13(16)17)22-15-8)4-7(14)12(11(10)21-2)23(3,18)19/h4-5H,1-3H3,(H,16,17). The molecule has 0 saturated heterocycles. The lowest BCUT2D eigenvalue weighted by atomic mass is 10.1. The number of carboxylic acid groups (broad SMARTS) is 1. The molecule has 10 heteroatoms. The summed E-state index contributed by atoms with van der Waals surface area (Å²) in [4.78, 5) is 10.2. The highest BCUT2D eigenvalue weighted by Gasteiger charge is 2.28. The molecule has 23 heavy (non-hydrogen) atoms. The van der Waals surface area contributed by atoms with Crippen LogP contribution in [0.15, 0.2) is 21.6 Å². The summed E-state index contributed by atoms with van der Waals surface area (Å²) in [5, 5.41) is 12.4. The van der Waals surface area contributed by atoms with Gasteiger partial charge in [0.1, 0.15) is 16.4 Å². The van der Waals surface area contributed by atoms with E-state index < -0.39 is 32.3 Å². The van der Waals surface area contributed by atoms with E-state index in [0.717, 1.165) is 25.5 Å². The Kier molecular flexibility index (Phi) is 4.28. The highest BCUT2D eigenvalue weighted by atomic mass is 32.2. The summed E-state index contributed by atoms with van der Waals surface area (Å²) in [6.45, 7) is 0. The van der Waals surface area contributed by atoms with Crippen molar-refractivity contribution in [3.8, 4) is 22.8 Å². The molecule has 0 fully saturated rings. The lowest BCUT2D eigenvalue weighted by molar-refractivity contribution is 0.0652. The van der Waals surface area contributed by atoms with Gasteiger partial charge in [-0.2, -0.15) is 0 Å². The first-order valence-corrected chi connectivity index (χ1v) is 7.94. The van der Waals surface area contributed by atoms with Gasteiger partial charge in [-0.05, 0) is 6.07 Å². The van der Waals surface area contributed by atoms with Crippen LogP contribution in [0.5, 0.6) is 11.5 Å². The van der Waals surface area contributed by atoms with Crippen LogP contribution in [0.4, 0.5) is 4.39 Å². The highest BCUT2D eigenvalue weighted by Crippen LogP contribution is 2.43. The van der Waals surface area contributed by atoms with Crippen molar-refractivity contribution in [3.05, 3.63) is 23.7 Å². The first-order chi connectivity index (χ1) is 10.7. The maximum Gasteiger partial charge on any atom is 0.374 e. The number of carboxylic acids is 1. The molecule has 124 valence electrons. The fourth-order valence-corrected chi connectivity index (χ4v) is 2.94. The third kappa shape index (κ3) is 2.97. The van der Waals surface area contributed by atoms with Crippen LogP contribution in [0.25, 0.3) is 11.3 Å². The number of benzene rings is 1. The summed E-state index contributed by atoms with van der Waals surface area (Å²) in [6, 6.07) is 1.92. The predicted octanol–water partition coefficient (Wildman–Crippen LogP) is 1.60. The fourth-order valence-electron chi connectivity index (χ4n) is 2.02. The van der Waals surface area contributed by atoms with Gasteiger partial charge in [-0.25, -0.2) is 17.6 Å². The molecule has 0 amide bonds. The molecule has 0 radical (unpaired) electrons. The zero-order valence-corrected chi connectivity index (χ0v) is 13.1. The first-order valence-electron chi connectivity index (χ1n) is 6.05. The van der Waals surface area contributed by atoms with Crippen molar-refractivity contribution in [3.63, 3.8) is 0 Å². The highest BCUT2D eigenvalue weighted by molar-refractivity contribution is 7.90. The molecular weight excluding hydrogens is 333 g/mol. The van der Waals surface area contributed by atoms with Gasteiger partial charge in [0.25, 0.3) is 0 Å². The number of carbonyl (C=O) groups is 1. The lowest BCUT2D eigenvalue weighted by Gasteiger charge is -2.15. The van der Waals surface area contributed by atoms with E-state index in [-0.39, 0.29) is 22.8 Å². The molecule has 1 heterocycles. The van der Waals surface area contributed by atoms with E-state index in [0.29, 0.717) is 0 Å². The number of aromatic carboxylic acids is 1. The summed E-state index contributed by atoms with van der Waals surface area (Å²) in [5.74, 6) is -3.36. The Balaban J connectivity index is 2.79. The van der Waals surface area contributed by atoms with E-state index in [4.69, 9.17) is 14.6 Å². The van der Waals surface area contributed by atoms with Crippen molar-refractivity contribution >= 4 is 15.8 Å². The number of hydrogen-bond acceptors (Lipinski definition) is 7. The second kappa shape index (κ2) is 5.88. The van der Waals surface area contributed by atoms with Crippen LogP contribution < -0.4 is 9.47 Å². The Morgan fingerprint density at radius 1 is 1.26 bits per heavy atom. The third-order valence-electron chi connectivity index (χ3n) is 2.92. The number of rotatable bonds is 5. The largest absolute Gasteiger partial charge is 0.492 e. The molecular formula is C13H12FNO7S. The van der Waals surface area contributed by atoms with Gasteiger partial charge in [-0.15, -0.1) is 0 Å². The average Bonchev–Trinajstić information content (AvgIpc) is 2.94. The summed E-state index contributed by atoms with van der Waals surface area (Å²) in [5.41, 5.74) is -0.0537. The molecule has 0 atom stereocenters. The minimum Gasteiger partial charge on any atom is -0.492 e. The SMILES string of the molecule is COc1c(-c2cc(C(=O)O)on2)cc(F)c(S(C)(=O)=O)c1OC. The van der Waals surface area contributed by atoms with Crippen molar-refractivity contribution in [2.24, 2.45) is 0 Å². The number of methoxy groups -OCH3 is 2. The Morgan fingerprint density at radius 2 is 1.87 bits per heavy atom. The fraction of sp³-hybridized carbons (Fsp3) is 0.231. The first kappa shape index (κ1) is 16.7. The van der Waals surface area contributed by atoms with Gasteiger partial charge in [0.15, 0.2) is 21.3 Å². The van der Waals surface area contributed by atoms with Crippen LogP contribution in [-0.2, 0) is 9.84 Å². The predicted molar refractivity (Wildman–Crippen MR) is 75.1 cm³/mol. The van der Waals surface area contributed by atoms with E-state index in [1.807, 2.05) is 0 Å². The van der Waals surface area contributed by atoms with E-state index in [1.54, 1.807) is 0 Å². The number of hydrogen-bond donors (Lipinski definition) is 1. The molecule has 0 aliphatic rings. The van der Waals surface area contributed by atoms with E-state index in [2.05, 4.69) is 9.68 Å². The van der Waals surface area contributed by atoms with E-state index >= 15 is 0 Å². The summed E-state index contributed by atoms with van der Waals surface area (Å²) in [6.07, 6.45) is 0.825. The van der Waals surface area contributed by atoms with Gasteiger partial charge >= 0.3 is 5.97 Å². The monoisotopic (exact) mass is 345 g/mol. The Bertz CT molecular complexity index is 873. The molecule has 1 aromatic carbocycles. The summed E-state index contributed by atoms with van der Waals surface area (Å²) < 4.78 is 52.5. The quantitative estimate of drug-likeness (QED) is 0.868. The molecule has 2 aromatic rings. The van der Waals surface area contributed by atoms with Crippen molar-refractivity contribution in [2.75, 3.05) is 20.5 Å². The average molecular weight is 345 g/mol. The van der Waals surface area contributed by atoms with Crippen LogP contribution in [0, 0.1) is 5.82 Å². The van der Waals surface area contributed by atoms with Crippen LogP contribution in [-0.4, -0.2) is 45.1 Å².